The summed E-state index contributed by atoms with van der Waals surface area (Å²) in [5.74, 6) is 1.27. The molecule has 0 saturated heterocycles. The summed E-state index contributed by atoms with van der Waals surface area (Å²) in [5.41, 5.74) is 4.95. The van der Waals surface area contributed by atoms with Crippen molar-refractivity contribution in [1.29, 1.82) is 0 Å². The van der Waals surface area contributed by atoms with E-state index in [1.54, 1.807) is 7.11 Å². The van der Waals surface area contributed by atoms with Gasteiger partial charge in [-0.25, -0.2) is 5.43 Å². The maximum absolute atomic E-state index is 12.0. The Labute approximate surface area is 154 Å². The third-order valence-electron chi connectivity index (χ3n) is 3.64. The van der Waals surface area contributed by atoms with Gasteiger partial charge in [0.15, 0.2) is 0 Å². The van der Waals surface area contributed by atoms with Gasteiger partial charge in [0.2, 0.25) is 0 Å². The van der Waals surface area contributed by atoms with E-state index in [9.17, 15) is 4.79 Å². The van der Waals surface area contributed by atoms with Gasteiger partial charge in [0.25, 0.3) is 5.91 Å². The van der Waals surface area contributed by atoms with Crippen LogP contribution >= 0.6 is 0 Å². The molecule has 0 heterocycles. The molecule has 2 rings (SSSR count). The van der Waals surface area contributed by atoms with Crippen molar-refractivity contribution < 1.29 is 14.3 Å². The average molecular weight is 355 g/mol. The molecular weight excluding hydrogens is 330 g/mol. The van der Waals surface area contributed by atoms with Gasteiger partial charge in [-0.2, -0.15) is 5.10 Å². The van der Waals surface area contributed by atoms with Gasteiger partial charge < -0.3 is 14.8 Å². The van der Waals surface area contributed by atoms with Gasteiger partial charge in [0.1, 0.15) is 11.5 Å². The van der Waals surface area contributed by atoms with Gasteiger partial charge in [-0.3, -0.25) is 4.79 Å². The summed E-state index contributed by atoms with van der Waals surface area (Å²) in [6, 6.07) is 15.1. The first-order chi connectivity index (χ1) is 12.6. The van der Waals surface area contributed by atoms with Crippen molar-refractivity contribution >= 4 is 17.3 Å². The number of anilines is 1. The molecule has 138 valence electrons. The summed E-state index contributed by atoms with van der Waals surface area (Å²) in [6.45, 7) is 4.70. The number of nitrogens with zero attached hydrogens (tertiary/aromatic N) is 1. The number of ether oxygens (including phenoxy) is 2. The van der Waals surface area contributed by atoms with Crippen molar-refractivity contribution in [2.24, 2.45) is 5.10 Å². The summed E-state index contributed by atoms with van der Waals surface area (Å²) in [7, 11) is 1.59. The SMILES string of the molecule is CCCOc1ccc(/C(C)=N\NC(=O)CNc2ccccc2OC)cc1. The number of amides is 1. The number of carbonyl (C=O) groups excluding carboxylic acids is 1. The summed E-state index contributed by atoms with van der Waals surface area (Å²) in [4.78, 5) is 12.0. The van der Waals surface area contributed by atoms with E-state index in [1.807, 2.05) is 55.5 Å². The second-order valence-corrected chi connectivity index (χ2v) is 5.66. The summed E-state index contributed by atoms with van der Waals surface area (Å²) >= 11 is 0. The van der Waals surface area contributed by atoms with E-state index in [2.05, 4.69) is 22.8 Å². The van der Waals surface area contributed by atoms with Crippen molar-refractivity contribution in [3.05, 3.63) is 54.1 Å². The van der Waals surface area contributed by atoms with E-state index in [0.717, 1.165) is 29.1 Å². The minimum Gasteiger partial charge on any atom is -0.495 e. The lowest BCUT2D eigenvalue weighted by Crippen LogP contribution is -2.26. The van der Waals surface area contributed by atoms with Crippen LogP contribution in [0.1, 0.15) is 25.8 Å². The molecule has 0 atom stereocenters. The van der Waals surface area contributed by atoms with Crippen molar-refractivity contribution in [2.75, 3.05) is 25.6 Å². The molecule has 0 aliphatic carbocycles. The third-order valence-corrected chi connectivity index (χ3v) is 3.64. The van der Waals surface area contributed by atoms with Crippen LogP contribution in [0.4, 0.5) is 5.69 Å². The molecule has 26 heavy (non-hydrogen) atoms. The minimum atomic E-state index is -0.238. The molecule has 0 bridgehead atoms. The predicted molar refractivity (Wildman–Crippen MR) is 104 cm³/mol. The molecule has 0 fully saturated rings. The second kappa shape index (κ2) is 10.1. The fourth-order valence-electron chi connectivity index (χ4n) is 2.23. The van der Waals surface area contributed by atoms with E-state index in [4.69, 9.17) is 9.47 Å². The quantitative estimate of drug-likeness (QED) is 0.534. The average Bonchev–Trinajstić information content (AvgIpc) is 2.69. The lowest BCUT2D eigenvalue weighted by molar-refractivity contribution is -0.119. The number of rotatable bonds is 9. The molecule has 2 aromatic carbocycles. The molecule has 0 spiro atoms. The van der Waals surface area contributed by atoms with E-state index < -0.39 is 0 Å². The second-order valence-electron chi connectivity index (χ2n) is 5.66. The van der Waals surface area contributed by atoms with Crippen LogP contribution in [0.3, 0.4) is 0 Å². The monoisotopic (exact) mass is 355 g/mol. The van der Waals surface area contributed by atoms with Crippen LogP contribution in [-0.4, -0.2) is 31.9 Å². The minimum absolute atomic E-state index is 0.0982. The van der Waals surface area contributed by atoms with Gasteiger partial charge in [-0.05, 0) is 55.3 Å². The zero-order valence-corrected chi connectivity index (χ0v) is 15.4. The summed E-state index contributed by atoms with van der Waals surface area (Å²) in [5, 5.41) is 7.18. The van der Waals surface area contributed by atoms with Gasteiger partial charge in [-0.15, -0.1) is 0 Å². The maximum atomic E-state index is 12.0. The number of hydrazone groups is 1. The zero-order valence-electron chi connectivity index (χ0n) is 15.4. The smallest absolute Gasteiger partial charge is 0.259 e. The molecule has 0 aliphatic rings. The Kier molecular flexibility index (Phi) is 7.49. The molecule has 0 radical (unpaired) electrons. The molecule has 1 amide bonds. The molecule has 6 heteroatoms. The highest BCUT2D eigenvalue weighted by molar-refractivity contribution is 5.99. The van der Waals surface area contributed by atoms with Crippen LogP contribution in [0.15, 0.2) is 53.6 Å². The number of para-hydroxylation sites is 2. The lowest BCUT2D eigenvalue weighted by Gasteiger charge is -2.10. The molecule has 2 N–H and O–H groups in total. The highest BCUT2D eigenvalue weighted by atomic mass is 16.5. The Hall–Kier alpha value is -3.02. The number of nitrogens with one attached hydrogen (secondary N) is 2. The number of carbonyl (C=O) groups is 1. The fourth-order valence-corrected chi connectivity index (χ4v) is 2.23. The van der Waals surface area contributed by atoms with E-state index in [0.29, 0.717) is 12.4 Å². The Morgan fingerprint density at radius 3 is 2.54 bits per heavy atom. The Balaban J connectivity index is 1.86. The normalized spacial score (nSPS) is 11.0. The Bertz CT molecular complexity index is 742. The predicted octanol–water partition coefficient (Wildman–Crippen LogP) is 3.44. The number of methoxy groups -OCH3 is 1. The van der Waals surface area contributed by atoms with Gasteiger partial charge in [-0.1, -0.05) is 19.1 Å². The van der Waals surface area contributed by atoms with Crippen molar-refractivity contribution in [3.8, 4) is 11.5 Å². The standard InChI is InChI=1S/C20H25N3O3/c1-4-13-26-17-11-9-16(10-12-17)15(2)22-23-20(24)14-21-18-7-5-6-8-19(18)25-3/h5-12,21H,4,13-14H2,1-3H3,(H,23,24)/b22-15-. The lowest BCUT2D eigenvalue weighted by atomic mass is 10.1. The highest BCUT2D eigenvalue weighted by Crippen LogP contribution is 2.22. The van der Waals surface area contributed by atoms with Crippen LogP contribution in [0.2, 0.25) is 0 Å². The van der Waals surface area contributed by atoms with Gasteiger partial charge in [0, 0.05) is 0 Å². The van der Waals surface area contributed by atoms with Crippen molar-refractivity contribution in [2.45, 2.75) is 20.3 Å². The van der Waals surface area contributed by atoms with Crippen LogP contribution in [0, 0.1) is 0 Å². The Morgan fingerprint density at radius 1 is 1.12 bits per heavy atom. The van der Waals surface area contributed by atoms with Crippen LogP contribution < -0.4 is 20.2 Å². The van der Waals surface area contributed by atoms with Crippen molar-refractivity contribution in [1.82, 2.24) is 5.43 Å². The number of hydrogen-bond acceptors (Lipinski definition) is 5. The highest BCUT2D eigenvalue weighted by Gasteiger charge is 2.05. The molecular formula is C20H25N3O3. The van der Waals surface area contributed by atoms with Crippen LogP contribution in [0.25, 0.3) is 0 Å². The molecule has 6 nitrogen and oxygen atoms in total. The molecule has 0 aromatic heterocycles. The molecule has 0 unspecified atom stereocenters. The number of benzene rings is 2. The molecule has 0 saturated carbocycles. The largest absolute Gasteiger partial charge is 0.495 e. The summed E-state index contributed by atoms with van der Waals surface area (Å²) in [6.07, 6.45) is 0.969. The van der Waals surface area contributed by atoms with E-state index in [-0.39, 0.29) is 12.5 Å². The molecule has 2 aromatic rings. The first kappa shape index (κ1) is 19.3. The van der Waals surface area contributed by atoms with Gasteiger partial charge >= 0.3 is 0 Å². The zero-order chi connectivity index (χ0) is 18.8. The number of hydrogen-bond donors (Lipinski definition) is 2. The first-order valence-corrected chi connectivity index (χ1v) is 8.57. The van der Waals surface area contributed by atoms with Crippen LogP contribution in [0.5, 0.6) is 11.5 Å². The van der Waals surface area contributed by atoms with E-state index in [1.165, 1.54) is 0 Å². The topological polar surface area (TPSA) is 72.0 Å². The maximum Gasteiger partial charge on any atom is 0.259 e. The van der Waals surface area contributed by atoms with Gasteiger partial charge in [0.05, 0.1) is 31.7 Å². The molecule has 0 aliphatic heterocycles. The fraction of sp³-hybridized carbons (Fsp3) is 0.300. The third kappa shape index (κ3) is 5.81. The van der Waals surface area contributed by atoms with Crippen molar-refractivity contribution in [3.63, 3.8) is 0 Å². The Morgan fingerprint density at radius 2 is 1.85 bits per heavy atom. The summed E-state index contributed by atoms with van der Waals surface area (Å²) < 4.78 is 10.8. The van der Waals surface area contributed by atoms with Crippen LogP contribution in [-0.2, 0) is 4.79 Å². The first-order valence-electron chi connectivity index (χ1n) is 8.57. The van der Waals surface area contributed by atoms with E-state index >= 15 is 0 Å².